The molecule has 4 nitrogen and oxygen atoms in total. The maximum absolute atomic E-state index is 9.33. The van der Waals surface area contributed by atoms with Gasteiger partial charge in [0.1, 0.15) is 11.8 Å². The predicted octanol–water partition coefficient (Wildman–Crippen LogP) is 2.79. The molecule has 0 aliphatic rings. The van der Waals surface area contributed by atoms with Gasteiger partial charge in [0.2, 0.25) is 0 Å². The van der Waals surface area contributed by atoms with Crippen LogP contribution in [-0.4, -0.2) is 14.1 Å². The summed E-state index contributed by atoms with van der Waals surface area (Å²) in [5.41, 5.74) is 2.43. The summed E-state index contributed by atoms with van der Waals surface area (Å²) in [5, 5.41) is 12.6. The van der Waals surface area contributed by atoms with Gasteiger partial charge < -0.3 is 4.90 Å². The summed E-state index contributed by atoms with van der Waals surface area (Å²) in [6.07, 6.45) is 1.82. The van der Waals surface area contributed by atoms with Crippen molar-refractivity contribution in [2.75, 3.05) is 24.3 Å². The van der Waals surface area contributed by atoms with Crippen LogP contribution in [0.5, 0.6) is 0 Å². The second kappa shape index (κ2) is 5.89. The third-order valence-corrected chi connectivity index (χ3v) is 3.40. The van der Waals surface area contributed by atoms with E-state index in [1.807, 2.05) is 55.5 Å². The highest BCUT2D eigenvalue weighted by atomic mass is 127. The summed E-state index contributed by atoms with van der Waals surface area (Å²) >= 11 is 2.26. The zero-order valence-corrected chi connectivity index (χ0v) is 12.9. The topological polar surface area (TPSA) is 53.2 Å². The number of hydrogen-bond acceptors (Lipinski definition) is 3. The predicted molar refractivity (Wildman–Crippen MR) is 84.5 cm³/mol. The van der Waals surface area contributed by atoms with Gasteiger partial charge in [-0.3, -0.25) is 0 Å². The van der Waals surface area contributed by atoms with Gasteiger partial charge in [0.05, 0.1) is 11.9 Å². The van der Waals surface area contributed by atoms with Crippen LogP contribution in [-0.2, 0) is 0 Å². The Balaban J connectivity index is 2.38. The van der Waals surface area contributed by atoms with E-state index in [4.69, 9.17) is 0 Å². The van der Waals surface area contributed by atoms with Gasteiger partial charge in [-0.2, -0.15) is 5.26 Å². The van der Waals surface area contributed by atoms with Crippen molar-refractivity contribution in [2.24, 2.45) is 0 Å². The maximum atomic E-state index is 9.33. The quantitative estimate of drug-likeness (QED) is 0.852. The van der Waals surface area contributed by atoms with Crippen LogP contribution in [0.25, 0.3) is 0 Å². The number of nitrogens with zero attached hydrogens (tertiary/aromatic N) is 2. The van der Waals surface area contributed by atoms with Crippen molar-refractivity contribution in [3.05, 3.63) is 45.7 Å². The lowest BCUT2D eigenvalue weighted by Crippen LogP contribution is -2.17. The van der Waals surface area contributed by atoms with E-state index in [-0.39, 0.29) is 0 Å². The number of hydrogen-bond donors (Lipinski definition) is 1. The molecule has 2 N–H and O–H groups in total. The Morgan fingerprint density at radius 2 is 1.89 bits per heavy atom. The van der Waals surface area contributed by atoms with E-state index in [1.54, 1.807) is 0 Å². The zero-order chi connectivity index (χ0) is 13.8. The third-order valence-electron chi connectivity index (χ3n) is 2.68. The van der Waals surface area contributed by atoms with Gasteiger partial charge in [-0.05, 0) is 46.9 Å². The molecule has 0 aliphatic carbocycles. The van der Waals surface area contributed by atoms with E-state index in [0.717, 1.165) is 11.4 Å². The van der Waals surface area contributed by atoms with Crippen molar-refractivity contribution in [3.63, 3.8) is 0 Å². The number of nitriles is 1. The molecule has 2 aromatic rings. The standard InChI is InChI=1S/C14H13IN4/c1-19(2)13-7-8-17-14(12(13)9-16)18-11-5-3-10(15)4-6-11/h3-8H,1-2H3,(H,17,18)/p+1. The number of halogens is 1. The number of aromatic nitrogens is 1. The van der Waals surface area contributed by atoms with Crippen molar-refractivity contribution in [1.29, 1.82) is 5.26 Å². The molecule has 1 aromatic carbocycles. The van der Waals surface area contributed by atoms with Crippen LogP contribution in [0.2, 0.25) is 0 Å². The lowest BCUT2D eigenvalue weighted by atomic mass is 10.2. The van der Waals surface area contributed by atoms with Gasteiger partial charge >= 0.3 is 0 Å². The van der Waals surface area contributed by atoms with Crippen molar-refractivity contribution < 1.29 is 4.98 Å². The van der Waals surface area contributed by atoms with E-state index in [2.05, 4.69) is 39.0 Å². The molecule has 0 spiro atoms. The Hall–Kier alpha value is -1.81. The molecule has 96 valence electrons. The first-order valence-electron chi connectivity index (χ1n) is 5.76. The minimum Gasteiger partial charge on any atom is -0.376 e. The molecule has 0 unspecified atom stereocenters. The molecule has 0 amide bonds. The number of anilines is 3. The second-order valence-corrected chi connectivity index (χ2v) is 5.50. The van der Waals surface area contributed by atoms with E-state index in [9.17, 15) is 5.26 Å². The fourth-order valence-electron chi connectivity index (χ4n) is 1.75. The van der Waals surface area contributed by atoms with Gasteiger partial charge in [0, 0.05) is 23.7 Å². The van der Waals surface area contributed by atoms with E-state index >= 15 is 0 Å². The van der Waals surface area contributed by atoms with Crippen molar-refractivity contribution in [3.8, 4) is 6.07 Å². The number of rotatable bonds is 3. The summed E-state index contributed by atoms with van der Waals surface area (Å²) in [7, 11) is 3.84. The fourth-order valence-corrected chi connectivity index (χ4v) is 2.11. The number of nitrogens with one attached hydrogen (secondary N) is 2. The Labute approximate surface area is 126 Å². The fraction of sp³-hybridized carbons (Fsp3) is 0.143. The van der Waals surface area contributed by atoms with Crippen LogP contribution in [0, 0.1) is 14.9 Å². The monoisotopic (exact) mass is 365 g/mol. The minimum absolute atomic E-state index is 0.603. The summed E-state index contributed by atoms with van der Waals surface area (Å²) in [6, 6.07) is 12.1. The highest BCUT2D eigenvalue weighted by Gasteiger charge is 2.16. The summed E-state index contributed by atoms with van der Waals surface area (Å²) in [4.78, 5) is 5.01. The largest absolute Gasteiger partial charge is 0.376 e. The number of pyridine rings is 1. The molecule has 5 heteroatoms. The molecule has 1 aromatic heterocycles. The van der Waals surface area contributed by atoms with Crippen LogP contribution < -0.4 is 15.2 Å². The molecule has 1 heterocycles. The highest BCUT2D eigenvalue weighted by molar-refractivity contribution is 14.1. The first-order valence-corrected chi connectivity index (χ1v) is 6.84. The van der Waals surface area contributed by atoms with Crippen LogP contribution in [0.4, 0.5) is 17.2 Å². The Kier molecular flexibility index (Phi) is 4.22. The van der Waals surface area contributed by atoms with Gasteiger partial charge in [-0.1, -0.05) is 0 Å². The molecule has 19 heavy (non-hydrogen) atoms. The van der Waals surface area contributed by atoms with Gasteiger partial charge in [-0.15, -0.1) is 0 Å². The van der Waals surface area contributed by atoms with E-state index in [0.29, 0.717) is 11.4 Å². The van der Waals surface area contributed by atoms with Gasteiger partial charge in [0.25, 0.3) is 5.82 Å². The summed E-state index contributed by atoms with van der Waals surface area (Å²) in [6.45, 7) is 0. The van der Waals surface area contributed by atoms with E-state index < -0.39 is 0 Å². The molecule has 0 aliphatic heterocycles. The third kappa shape index (κ3) is 3.15. The molecule has 0 fully saturated rings. The average molecular weight is 365 g/mol. The Bertz CT molecular complexity index is 614. The Morgan fingerprint density at radius 1 is 1.21 bits per heavy atom. The molecular formula is C14H14IN4+. The maximum Gasteiger partial charge on any atom is 0.297 e. The normalized spacial score (nSPS) is 9.79. The molecule has 0 radical (unpaired) electrons. The lowest BCUT2D eigenvalue weighted by Gasteiger charge is -2.13. The van der Waals surface area contributed by atoms with Crippen LogP contribution in [0.1, 0.15) is 5.56 Å². The SMILES string of the molecule is CN(C)c1cc[nH+]c(Nc2ccc(I)cc2)c1C#N. The van der Waals surface area contributed by atoms with E-state index in [1.165, 1.54) is 3.57 Å². The van der Waals surface area contributed by atoms with Crippen LogP contribution in [0.15, 0.2) is 36.5 Å². The van der Waals surface area contributed by atoms with Gasteiger partial charge in [0.15, 0.2) is 5.56 Å². The van der Waals surface area contributed by atoms with Crippen LogP contribution in [0.3, 0.4) is 0 Å². The number of benzene rings is 1. The van der Waals surface area contributed by atoms with Crippen LogP contribution >= 0.6 is 22.6 Å². The van der Waals surface area contributed by atoms with Crippen molar-refractivity contribution in [2.45, 2.75) is 0 Å². The minimum atomic E-state index is 0.603. The number of aromatic amines is 1. The molecular weight excluding hydrogens is 351 g/mol. The Morgan fingerprint density at radius 3 is 2.47 bits per heavy atom. The molecule has 2 rings (SSSR count). The molecule has 0 bridgehead atoms. The average Bonchev–Trinajstić information content (AvgIpc) is 2.41. The molecule has 0 atom stereocenters. The second-order valence-electron chi connectivity index (χ2n) is 4.25. The summed E-state index contributed by atoms with van der Waals surface area (Å²) in [5.74, 6) is 0.704. The molecule has 0 saturated heterocycles. The van der Waals surface area contributed by atoms with Gasteiger partial charge in [-0.25, -0.2) is 10.3 Å². The van der Waals surface area contributed by atoms with Crippen molar-refractivity contribution in [1.82, 2.24) is 0 Å². The first-order chi connectivity index (χ1) is 9.11. The zero-order valence-electron chi connectivity index (χ0n) is 10.7. The summed E-state index contributed by atoms with van der Waals surface area (Å²) < 4.78 is 1.18. The first kappa shape index (κ1) is 13.6. The highest BCUT2D eigenvalue weighted by Crippen LogP contribution is 2.24. The lowest BCUT2D eigenvalue weighted by molar-refractivity contribution is -0.360. The van der Waals surface area contributed by atoms with Crippen molar-refractivity contribution >= 4 is 39.8 Å². The number of H-pyrrole nitrogens is 1. The molecule has 0 saturated carbocycles. The smallest absolute Gasteiger partial charge is 0.297 e.